The lowest BCUT2D eigenvalue weighted by atomic mass is 10.1. The minimum absolute atomic E-state index is 0.163. The molecule has 0 aromatic carbocycles. The molecule has 1 aromatic heterocycles. The largest absolute Gasteiger partial charge is 0.472 e. The molecule has 3 nitrogen and oxygen atoms in total. The maximum absolute atomic E-state index is 5.96. The van der Waals surface area contributed by atoms with Gasteiger partial charge in [0.25, 0.3) is 0 Å². The van der Waals surface area contributed by atoms with Crippen molar-refractivity contribution in [3.63, 3.8) is 0 Å². The van der Waals surface area contributed by atoms with Gasteiger partial charge in [-0.25, -0.2) is 4.98 Å². The van der Waals surface area contributed by atoms with Crippen LogP contribution in [0.5, 0.6) is 5.88 Å². The van der Waals surface area contributed by atoms with Crippen LogP contribution in [0.1, 0.15) is 52.3 Å². The molecule has 0 saturated carbocycles. The number of nitrogens with zero attached hydrogens (tertiary/aromatic N) is 1. The Morgan fingerprint density at radius 1 is 1.32 bits per heavy atom. The van der Waals surface area contributed by atoms with Crippen LogP contribution in [0.15, 0.2) is 12.1 Å². The molecule has 0 amide bonds. The smallest absolute Gasteiger partial charge is 0.214 e. The van der Waals surface area contributed by atoms with Crippen LogP contribution in [0.3, 0.4) is 0 Å². The summed E-state index contributed by atoms with van der Waals surface area (Å²) in [5.74, 6) is 1.39. The zero-order chi connectivity index (χ0) is 14.5. The van der Waals surface area contributed by atoms with E-state index in [2.05, 4.69) is 51.0 Å². The van der Waals surface area contributed by atoms with Crippen molar-refractivity contribution in [3.05, 3.63) is 23.4 Å². The molecule has 0 unspecified atom stereocenters. The van der Waals surface area contributed by atoms with Crippen LogP contribution in [0.2, 0.25) is 0 Å². The molecule has 0 atom stereocenters. The molecule has 0 aliphatic heterocycles. The van der Waals surface area contributed by atoms with E-state index in [9.17, 15) is 0 Å². The van der Waals surface area contributed by atoms with Gasteiger partial charge in [0.15, 0.2) is 0 Å². The van der Waals surface area contributed by atoms with Gasteiger partial charge >= 0.3 is 0 Å². The second-order valence-electron chi connectivity index (χ2n) is 6.20. The van der Waals surface area contributed by atoms with Gasteiger partial charge in [0.05, 0.1) is 0 Å². The standard InChI is InChI=1S/C16H28N2O/c1-7-16(5,6)19-15-9-14(8-13(4)18-15)11-17-10-12(2)3/h8-9,12,17H,7,10-11H2,1-6H3. The highest BCUT2D eigenvalue weighted by Crippen LogP contribution is 2.20. The first-order valence-corrected chi connectivity index (χ1v) is 7.19. The fourth-order valence-corrected chi connectivity index (χ4v) is 1.72. The summed E-state index contributed by atoms with van der Waals surface area (Å²) in [6.45, 7) is 14.6. The molecule has 0 saturated heterocycles. The van der Waals surface area contributed by atoms with Crippen LogP contribution < -0.4 is 10.1 Å². The molecule has 0 aliphatic rings. The van der Waals surface area contributed by atoms with Gasteiger partial charge < -0.3 is 10.1 Å². The molecule has 1 heterocycles. The van der Waals surface area contributed by atoms with Crippen LogP contribution >= 0.6 is 0 Å². The normalized spacial score (nSPS) is 11.9. The number of nitrogens with one attached hydrogen (secondary N) is 1. The van der Waals surface area contributed by atoms with Crippen LogP contribution in [0.25, 0.3) is 0 Å². The second kappa shape index (κ2) is 6.90. The molecule has 0 radical (unpaired) electrons. The quantitative estimate of drug-likeness (QED) is 0.815. The van der Waals surface area contributed by atoms with Gasteiger partial charge in [0.2, 0.25) is 5.88 Å². The Labute approximate surface area is 117 Å². The molecular weight excluding hydrogens is 236 g/mol. The average molecular weight is 264 g/mol. The van der Waals surface area contributed by atoms with E-state index in [-0.39, 0.29) is 5.60 Å². The molecule has 108 valence electrons. The van der Waals surface area contributed by atoms with Gasteiger partial charge in [-0.1, -0.05) is 20.8 Å². The summed E-state index contributed by atoms with van der Waals surface area (Å²) in [5.41, 5.74) is 2.07. The minimum Gasteiger partial charge on any atom is -0.472 e. The third-order valence-corrected chi connectivity index (χ3v) is 3.10. The van der Waals surface area contributed by atoms with Crippen molar-refractivity contribution in [2.75, 3.05) is 6.54 Å². The van der Waals surface area contributed by atoms with Crippen molar-refractivity contribution in [1.29, 1.82) is 0 Å². The third kappa shape index (κ3) is 6.06. The lowest BCUT2D eigenvalue weighted by molar-refractivity contribution is 0.0987. The van der Waals surface area contributed by atoms with Gasteiger partial charge in [-0.05, 0) is 51.3 Å². The van der Waals surface area contributed by atoms with Gasteiger partial charge in [0, 0.05) is 18.3 Å². The maximum atomic E-state index is 5.96. The monoisotopic (exact) mass is 264 g/mol. The zero-order valence-electron chi connectivity index (χ0n) is 13.2. The maximum Gasteiger partial charge on any atom is 0.214 e. The Balaban J connectivity index is 2.71. The number of hydrogen-bond acceptors (Lipinski definition) is 3. The number of aromatic nitrogens is 1. The summed E-state index contributed by atoms with van der Waals surface area (Å²) < 4.78 is 5.96. The SMILES string of the molecule is CCC(C)(C)Oc1cc(CNCC(C)C)cc(C)n1. The lowest BCUT2D eigenvalue weighted by Crippen LogP contribution is -2.27. The molecule has 0 fully saturated rings. The summed E-state index contributed by atoms with van der Waals surface area (Å²) in [7, 11) is 0. The molecule has 1 N–H and O–H groups in total. The van der Waals surface area contributed by atoms with E-state index in [1.54, 1.807) is 0 Å². The van der Waals surface area contributed by atoms with E-state index in [0.29, 0.717) is 5.92 Å². The van der Waals surface area contributed by atoms with Crippen molar-refractivity contribution < 1.29 is 4.74 Å². The molecule has 0 aliphatic carbocycles. The molecule has 0 spiro atoms. The van der Waals surface area contributed by atoms with Gasteiger partial charge in [-0.2, -0.15) is 0 Å². The van der Waals surface area contributed by atoms with E-state index in [4.69, 9.17) is 4.74 Å². The number of ether oxygens (including phenoxy) is 1. The van der Waals surface area contributed by atoms with Crippen molar-refractivity contribution in [2.24, 2.45) is 5.92 Å². The first-order valence-electron chi connectivity index (χ1n) is 7.19. The highest BCUT2D eigenvalue weighted by molar-refractivity contribution is 5.25. The Bertz CT molecular complexity index is 400. The average Bonchev–Trinajstić information content (AvgIpc) is 2.27. The van der Waals surface area contributed by atoms with Crippen molar-refractivity contribution >= 4 is 0 Å². The van der Waals surface area contributed by atoms with Crippen LogP contribution in [0, 0.1) is 12.8 Å². The highest BCUT2D eigenvalue weighted by atomic mass is 16.5. The predicted octanol–water partition coefficient (Wildman–Crippen LogP) is 3.70. The molecule has 0 bridgehead atoms. The van der Waals surface area contributed by atoms with Crippen molar-refractivity contribution in [3.8, 4) is 5.88 Å². The predicted molar refractivity (Wildman–Crippen MR) is 80.5 cm³/mol. The Hall–Kier alpha value is -1.09. The number of aryl methyl sites for hydroxylation is 1. The van der Waals surface area contributed by atoms with Crippen LogP contribution in [0.4, 0.5) is 0 Å². The Morgan fingerprint density at radius 3 is 2.58 bits per heavy atom. The van der Waals surface area contributed by atoms with Gasteiger partial charge in [0.1, 0.15) is 5.60 Å². The number of pyridine rings is 1. The van der Waals surface area contributed by atoms with Crippen LogP contribution in [-0.2, 0) is 6.54 Å². The van der Waals surface area contributed by atoms with Crippen LogP contribution in [-0.4, -0.2) is 17.1 Å². The molecule has 19 heavy (non-hydrogen) atoms. The van der Waals surface area contributed by atoms with E-state index in [1.165, 1.54) is 5.56 Å². The van der Waals surface area contributed by atoms with E-state index in [0.717, 1.165) is 31.1 Å². The molecule has 1 rings (SSSR count). The second-order valence-corrected chi connectivity index (χ2v) is 6.20. The fraction of sp³-hybridized carbons (Fsp3) is 0.688. The summed E-state index contributed by atoms with van der Waals surface area (Å²) in [6.07, 6.45) is 0.962. The fourth-order valence-electron chi connectivity index (χ4n) is 1.72. The van der Waals surface area contributed by atoms with Gasteiger partial charge in [-0.3, -0.25) is 0 Å². The Kier molecular flexibility index (Phi) is 5.80. The topological polar surface area (TPSA) is 34.1 Å². The summed E-state index contributed by atoms with van der Waals surface area (Å²) in [5, 5.41) is 3.45. The molecule has 3 heteroatoms. The van der Waals surface area contributed by atoms with E-state index >= 15 is 0 Å². The number of hydrogen-bond donors (Lipinski definition) is 1. The molecule has 1 aromatic rings. The molecular formula is C16H28N2O. The third-order valence-electron chi connectivity index (χ3n) is 3.10. The van der Waals surface area contributed by atoms with E-state index in [1.807, 2.05) is 13.0 Å². The lowest BCUT2D eigenvalue weighted by Gasteiger charge is -2.24. The Morgan fingerprint density at radius 2 is 2.00 bits per heavy atom. The summed E-state index contributed by atoms with van der Waals surface area (Å²) >= 11 is 0. The van der Waals surface area contributed by atoms with Gasteiger partial charge in [-0.15, -0.1) is 0 Å². The van der Waals surface area contributed by atoms with E-state index < -0.39 is 0 Å². The first-order chi connectivity index (χ1) is 8.82. The summed E-state index contributed by atoms with van der Waals surface area (Å²) in [6, 6.07) is 4.15. The first kappa shape index (κ1) is 16.0. The number of rotatable bonds is 7. The minimum atomic E-state index is -0.163. The zero-order valence-corrected chi connectivity index (χ0v) is 13.2. The van der Waals surface area contributed by atoms with Crippen molar-refractivity contribution in [1.82, 2.24) is 10.3 Å². The van der Waals surface area contributed by atoms with Crippen molar-refractivity contribution in [2.45, 2.75) is 60.1 Å². The highest BCUT2D eigenvalue weighted by Gasteiger charge is 2.17. The summed E-state index contributed by atoms with van der Waals surface area (Å²) in [4.78, 5) is 4.46.